The van der Waals surface area contributed by atoms with Gasteiger partial charge in [-0.05, 0) is 37.0 Å². The molecule has 0 spiro atoms. The Morgan fingerprint density at radius 1 is 1.38 bits per heavy atom. The molecule has 1 aromatic carbocycles. The van der Waals surface area contributed by atoms with E-state index in [0.29, 0.717) is 19.6 Å². The van der Waals surface area contributed by atoms with Crippen LogP contribution in [-0.4, -0.2) is 38.4 Å². The number of nitrogens with one attached hydrogen (secondary N) is 1. The summed E-state index contributed by atoms with van der Waals surface area (Å²) in [5, 5.41) is 0. The summed E-state index contributed by atoms with van der Waals surface area (Å²) >= 11 is 0. The Hall–Kier alpha value is -1.63. The smallest absolute Gasteiger partial charge is 0.263 e. The molecule has 21 heavy (non-hydrogen) atoms. The van der Waals surface area contributed by atoms with E-state index < -0.39 is 6.10 Å². The normalized spacial score (nSPS) is 21.2. The summed E-state index contributed by atoms with van der Waals surface area (Å²) in [6.07, 6.45) is 1.83. The molecule has 0 saturated carbocycles. The van der Waals surface area contributed by atoms with Gasteiger partial charge in [0.25, 0.3) is 5.91 Å². The first-order chi connectivity index (χ1) is 10.2. The van der Waals surface area contributed by atoms with Gasteiger partial charge in [-0.15, -0.1) is 0 Å². The van der Waals surface area contributed by atoms with Crippen molar-refractivity contribution in [3.63, 3.8) is 0 Å². The van der Waals surface area contributed by atoms with E-state index in [-0.39, 0.29) is 12.0 Å². The Morgan fingerprint density at radius 2 is 2.14 bits per heavy atom. The van der Waals surface area contributed by atoms with Crippen LogP contribution in [0.1, 0.15) is 18.4 Å². The second-order valence-corrected chi connectivity index (χ2v) is 5.03. The molecule has 1 heterocycles. The number of hydrogen-bond acceptors (Lipinski definition) is 5. The molecule has 2 unspecified atom stereocenters. The van der Waals surface area contributed by atoms with Crippen molar-refractivity contribution in [2.75, 3.05) is 20.3 Å². The van der Waals surface area contributed by atoms with E-state index >= 15 is 0 Å². The van der Waals surface area contributed by atoms with Crippen LogP contribution in [0.4, 0.5) is 0 Å². The van der Waals surface area contributed by atoms with Crippen molar-refractivity contribution in [2.24, 2.45) is 5.84 Å². The predicted octanol–water partition coefficient (Wildman–Crippen LogP) is 0.792. The molecule has 116 valence electrons. The molecule has 1 aliphatic rings. The quantitative estimate of drug-likeness (QED) is 0.441. The van der Waals surface area contributed by atoms with E-state index in [1.54, 1.807) is 7.11 Å². The molecule has 1 aliphatic heterocycles. The largest absolute Gasteiger partial charge is 0.491 e. The van der Waals surface area contributed by atoms with Gasteiger partial charge in [0.1, 0.15) is 18.5 Å². The molecular formula is C15H22N2O4. The number of amides is 1. The lowest BCUT2D eigenvalue weighted by atomic mass is 10.1. The van der Waals surface area contributed by atoms with Crippen molar-refractivity contribution in [3.8, 4) is 5.75 Å². The topological polar surface area (TPSA) is 82.8 Å². The minimum atomic E-state index is -0.458. The maximum atomic E-state index is 11.3. The molecule has 1 saturated heterocycles. The van der Waals surface area contributed by atoms with Gasteiger partial charge in [0.2, 0.25) is 0 Å². The zero-order chi connectivity index (χ0) is 15.1. The maximum Gasteiger partial charge on any atom is 0.263 e. The van der Waals surface area contributed by atoms with Crippen molar-refractivity contribution < 1.29 is 19.0 Å². The van der Waals surface area contributed by atoms with Gasteiger partial charge in [-0.1, -0.05) is 12.1 Å². The predicted molar refractivity (Wildman–Crippen MR) is 77.7 cm³/mol. The number of hydrazine groups is 1. The first-order valence-electron chi connectivity index (χ1n) is 7.09. The summed E-state index contributed by atoms with van der Waals surface area (Å²) in [5.41, 5.74) is 3.32. The minimum Gasteiger partial charge on any atom is -0.491 e. The molecule has 3 N–H and O–H groups in total. The average molecular weight is 294 g/mol. The van der Waals surface area contributed by atoms with Gasteiger partial charge in [-0.2, -0.15) is 0 Å². The Kier molecular flexibility index (Phi) is 5.98. The van der Waals surface area contributed by atoms with Crippen LogP contribution in [0, 0.1) is 0 Å². The zero-order valence-electron chi connectivity index (χ0n) is 12.2. The van der Waals surface area contributed by atoms with Crippen LogP contribution in [-0.2, 0) is 20.7 Å². The molecule has 2 rings (SSSR count). The van der Waals surface area contributed by atoms with Crippen LogP contribution in [0.3, 0.4) is 0 Å². The lowest BCUT2D eigenvalue weighted by Crippen LogP contribution is -2.39. The lowest BCUT2D eigenvalue weighted by Gasteiger charge is -2.14. The second-order valence-electron chi connectivity index (χ2n) is 5.03. The number of benzene rings is 1. The van der Waals surface area contributed by atoms with E-state index in [0.717, 1.165) is 18.6 Å². The fraction of sp³-hybridized carbons (Fsp3) is 0.533. The van der Waals surface area contributed by atoms with Crippen LogP contribution in [0.15, 0.2) is 24.3 Å². The summed E-state index contributed by atoms with van der Waals surface area (Å²) in [6.45, 7) is 1.15. The Bertz CT molecular complexity index is 449. The molecule has 1 amide bonds. The third kappa shape index (κ3) is 4.70. The summed E-state index contributed by atoms with van der Waals surface area (Å²) < 4.78 is 16.3. The summed E-state index contributed by atoms with van der Waals surface area (Å²) in [5.74, 6) is 5.61. The Morgan fingerprint density at radius 3 is 2.81 bits per heavy atom. The summed E-state index contributed by atoms with van der Waals surface area (Å²) in [7, 11) is 1.69. The summed E-state index contributed by atoms with van der Waals surface area (Å²) in [6, 6.07) is 7.91. The molecule has 0 aliphatic carbocycles. The number of ether oxygens (including phenoxy) is 3. The fourth-order valence-electron chi connectivity index (χ4n) is 2.28. The highest BCUT2D eigenvalue weighted by Crippen LogP contribution is 2.21. The van der Waals surface area contributed by atoms with Crippen LogP contribution < -0.4 is 16.0 Å². The zero-order valence-corrected chi connectivity index (χ0v) is 12.2. The molecule has 6 heteroatoms. The van der Waals surface area contributed by atoms with Gasteiger partial charge in [-0.3, -0.25) is 10.2 Å². The van der Waals surface area contributed by atoms with E-state index in [1.807, 2.05) is 24.3 Å². The van der Waals surface area contributed by atoms with Crippen molar-refractivity contribution in [1.29, 1.82) is 0 Å². The average Bonchev–Trinajstić information content (AvgIpc) is 3.00. The minimum absolute atomic E-state index is 0.0690. The number of carbonyl (C=O) groups is 1. The van der Waals surface area contributed by atoms with Crippen LogP contribution in [0.5, 0.6) is 5.75 Å². The molecule has 0 radical (unpaired) electrons. The van der Waals surface area contributed by atoms with Gasteiger partial charge in [0.15, 0.2) is 0 Å². The highest BCUT2D eigenvalue weighted by molar-refractivity contribution is 5.80. The number of nitrogens with two attached hydrogens (primary N) is 1. The van der Waals surface area contributed by atoms with E-state index in [1.165, 1.54) is 5.56 Å². The van der Waals surface area contributed by atoms with Crippen molar-refractivity contribution in [2.45, 2.75) is 31.5 Å². The number of rotatable bonds is 7. The van der Waals surface area contributed by atoms with Crippen molar-refractivity contribution in [1.82, 2.24) is 5.43 Å². The molecule has 1 aromatic rings. The Labute approximate surface area is 124 Å². The van der Waals surface area contributed by atoms with Crippen molar-refractivity contribution in [3.05, 3.63) is 29.8 Å². The number of carbonyl (C=O) groups excluding carboxylic acids is 1. The van der Waals surface area contributed by atoms with E-state index in [9.17, 15) is 4.79 Å². The molecule has 2 atom stereocenters. The number of hydrogen-bond donors (Lipinski definition) is 2. The van der Waals surface area contributed by atoms with Gasteiger partial charge in [0.05, 0.1) is 12.7 Å². The lowest BCUT2D eigenvalue weighted by molar-refractivity contribution is -0.132. The van der Waals surface area contributed by atoms with Gasteiger partial charge in [-0.25, -0.2) is 5.84 Å². The maximum absolute atomic E-state index is 11.3. The van der Waals surface area contributed by atoms with Crippen LogP contribution in [0.2, 0.25) is 0 Å². The van der Waals surface area contributed by atoms with Crippen LogP contribution >= 0.6 is 0 Å². The highest BCUT2D eigenvalue weighted by atomic mass is 16.5. The molecule has 1 fully saturated rings. The Balaban J connectivity index is 1.75. The first kappa shape index (κ1) is 15.8. The van der Waals surface area contributed by atoms with E-state index in [4.69, 9.17) is 20.1 Å². The first-order valence-corrected chi connectivity index (χ1v) is 7.09. The third-order valence-electron chi connectivity index (χ3n) is 3.50. The van der Waals surface area contributed by atoms with Gasteiger partial charge < -0.3 is 14.2 Å². The highest BCUT2D eigenvalue weighted by Gasteiger charge is 2.30. The molecule has 6 nitrogen and oxygen atoms in total. The molecule has 0 bridgehead atoms. The van der Waals surface area contributed by atoms with Crippen LogP contribution in [0.25, 0.3) is 0 Å². The SMILES string of the molecule is COCCc1ccc(OCC2CCC(C(=O)NN)O2)cc1. The van der Waals surface area contributed by atoms with Gasteiger partial charge in [0, 0.05) is 7.11 Å². The second kappa shape index (κ2) is 7.97. The third-order valence-corrected chi connectivity index (χ3v) is 3.50. The summed E-state index contributed by atoms with van der Waals surface area (Å²) in [4.78, 5) is 11.3. The fourth-order valence-corrected chi connectivity index (χ4v) is 2.28. The molecular weight excluding hydrogens is 272 g/mol. The number of methoxy groups -OCH3 is 1. The van der Waals surface area contributed by atoms with Crippen molar-refractivity contribution >= 4 is 5.91 Å². The monoisotopic (exact) mass is 294 g/mol. The molecule has 0 aromatic heterocycles. The standard InChI is InChI=1S/C15H22N2O4/c1-19-9-8-11-2-4-12(5-3-11)20-10-13-6-7-14(21-13)15(18)17-16/h2-5,13-14H,6-10,16H2,1H3,(H,17,18). The van der Waals surface area contributed by atoms with Gasteiger partial charge >= 0.3 is 0 Å². The van der Waals surface area contributed by atoms with E-state index in [2.05, 4.69) is 5.43 Å².